The molecule has 0 aromatic rings. The van der Waals surface area contributed by atoms with E-state index in [4.69, 9.17) is 10.2 Å². The standard InChI is InChI=1S/C5H7O2.C4H6O4.Na/c1-3-5(6)7-4-2;5-3(6)1-2-4(7)8;/h3H,1-2,4H2;1-2H2,(H,5,6)(H,7,8);. The fourth-order valence-electron chi connectivity index (χ4n) is 0.475. The molecule has 0 unspecified atom stereocenters. The minimum atomic E-state index is -1.08. The van der Waals surface area contributed by atoms with E-state index in [1.54, 1.807) is 0 Å². The monoisotopic (exact) mass is 240 g/mol. The fraction of sp³-hybridized carbons (Fsp3) is 0.444. The van der Waals surface area contributed by atoms with E-state index in [-0.39, 0.29) is 18.8 Å². The van der Waals surface area contributed by atoms with Gasteiger partial charge in [-0.05, 0) is 0 Å². The average molecular weight is 240 g/mol. The molecular formula is C9H13NaO6. The van der Waals surface area contributed by atoms with E-state index in [9.17, 15) is 14.4 Å². The predicted octanol–water partition coefficient (Wildman–Crippen LogP) is 0.238. The molecule has 0 amide bonds. The van der Waals surface area contributed by atoms with Crippen LogP contribution in [0.1, 0.15) is 12.8 Å². The van der Waals surface area contributed by atoms with E-state index in [2.05, 4.69) is 11.3 Å². The molecule has 0 spiro atoms. The fourth-order valence-corrected chi connectivity index (χ4v) is 0.680. The van der Waals surface area contributed by atoms with Crippen LogP contribution in [0, 0.1) is 0 Å². The number of aliphatic carboxylic acids is 2. The van der Waals surface area contributed by atoms with E-state index in [1.807, 2.05) is 0 Å². The van der Waals surface area contributed by atoms with Crippen molar-refractivity contribution in [2.24, 2.45) is 0 Å². The summed E-state index contributed by atoms with van der Waals surface area (Å²) in [5.74, 6) is -2.47. The van der Waals surface area contributed by atoms with Crippen LogP contribution >= 0.6 is 0 Å². The van der Waals surface area contributed by atoms with Gasteiger partial charge in [0.05, 0.1) is 12.8 Å². The van der Waals surface area contributed by atoms with Crippen LogP contribution < -0.4 is 0 Å². The van der Waals surface area contributed by atoms with Crippen LogP contribution in [-0.4, -0.2) is 62.7 Å². The van der Waals surface area contributed by atoms with Crippen LogP contribution in [0.25, 0.3) is 0 Å². The van der Waals surface area contributed by atoms with Crippen molar-refractivity contribution in [3.8, 4) is 0 Å². The second-order valence-corrected chi connectivity index (χ2v) is 3.66. The molecule has 0 bridgehead atoms. The third kappa shape index (κ3) is 18.8. The van der Waals surface area contributed by atoms with Crippen LogP contribution in [0.2, 0.25) is 3.67 Å². The van der Waals surface area contributed by atoms with Crippen LogP contribution in [0.15, 0.2) is 12.7 Å². The molecule has 0 aliphatic carbocycles. The molecule has 0 atom stereocenters. The van der Waals surface area contributed by atoms with Gasteiger partial charge in [-0.2, -0.15) is 0 Å². The Kier molecular flexibility index (Phi) is 13.4. The van der Waals surface area contributed by atoms with Crippen LogP contribution in [0.5, 0.6) is 0 Å². The van der Waals surface area contributed by atoms with Gasteiger partial charge in [0.2, 0.25) is 0 Å². The number of hydrogen-bond donors (Lipinski definition) is 2. The van der Waals surface area contributed by atoms with Gasteiger partial charge in [-0.25, -0.2) is 0 Å². The van der Waals surface area contributed by atoms with Gasteiger partial charge in [-0.15, -0.1) is 0 Å². The molecule has 86 valence electrons. The number of rotatable bonds is 6. The third-order valence-corrected chi connectivity index (χ3v) is 1.58. The number of carbonyl (C=O) groups is 3. The first kappa shape index (κ1) is 17.5. The zero-order valence-electron chi connectivity index (χ0n) is 9.14. The number of hydrogen-bond acceptors (Lipinski definition) is 4. The molecule has 0 heterocycles. The molecule has 0 fully saturated rings. The minimum absolute atomic E-state index is 0.296. The summed E-state index contributed by atoms with van der Waals surface area (Å²) >= 11 is 1.09. The Balaban J connectivity index is 0. The van der Waals surface area contributed by atoms with Gasteiger partial charge in [0.1, 0.15) is 0 Å². The van der Waals surface area contributed by atoms with E-state index in [0.29, 0.717) is 6.61 Å². The molecule has 6 nitrogen and oxygen atoms in total. The number of ether oxygens (including phenoxy) is 1. The van der Waals surface area contributed by atoms with Crippen molar-refractivity contribution in [2.45, 2.75) is 16.5 Å². The molecule has 0 aromatic carbocycles. The SMILES string of the molecule is C=CC(=O)OC[CH2][Na].O=C(O)CCC(=O)O. The Morgan fingerprint density at radius 3 is 1.88 bits per heavy atom. The van der Waals surface area contributed by atoms with Crippen molar-refractivity contribution < 1.29 is 29.3 Å². The summed E-state index contributed by atoms with van der Waals surface area (Å²) in [6.45, 7) is 3.80. The van der Waals surface area contributed by atoms with E-state index in [1.165, 1.54) is 6.08 Å². The summed E-state index contributed by atoms with van der Waals surface area (Å²) < 4.78 is 5.62. The van der Waals surface area contributed by atoms with Crippen molar-refractivity contribution in [1.29, 1.82) is 0 Å². The number of carbonyl (C=O) groups excluding carboxylic acids is 1. The first-order valence-corrected chi connectivity index (χ1v) is 6.08. The molecule has 0 aliphatic rings. The van der Waals surface area contributed by atoms with Gasteiger partial charge in [-0.3, -0.25) is 9.59 Å². The molecule has 0 rings (SSSR count). The van der Waals surface area contributed by atoms with E-state index >= 15 is 0 Å². The van der Waals surface area contributed by atoms with Gasteiger partial charge in [0.15, 0.2) is 0 Å². The molecule has 0 saturated heterocycles. The summed E-state index contributed by atoms with van der Waals surface area (Å²) in [4.78, 5) is 29.5. The Bertz CT molecular complexity index is 236. The quantitative estimate of drug-likeness (QED) is 0.391. The Hall–Kier alpha value is -0.850. The van der Waals surface area contributed by atoms with Crippen molar-refractivity contribution in [3.05, 3.63) is 12.7 Å². The second kappa shape index (κ2) is 12.2. The van der Waals surface area contributed by atoms with Gasteiger partial charge in [-0.1, -0.05) is 0 Å². The Morgan fingerprint density at radius 1 is 1.19 bits per heavy atom. The maximum atomic E-state index is 10.2. The Morgan fingerprint density at radius 2 is 1.62 bits per heavy atom. The third-order valence-electron chi connectivity index (χ3n) is 1.17. The van der Waals surface area contributed by atoms with Crippen molar-refractivity contribution in [3.63, 3.8) is 0 Å². The van der Waals surface area contributed by atoms with E-state index < -0.39 is 11.9 Å². The maximum absolute atomic E-state index is 10.2. The van der Waals surface area contributed by atoms with Crippen LogP contribution in [-0.2, 0) is 19.1 Å². The smallest absolute Gasteiger partial charge is 0.303 e. The topological polar surface area (TPSA) is 101 Å². The number of carboxylic acids is 2. The zero-order valence-corrected chi connectivity index (χ0v) is 11.1. The number of carboxylic acid groups (broad SMARTS) is 2. The molecule has 2 N–H and O–H groups in total. The predicted molar refractivity (Wildman–Crippen MR) is 56.2 cm³/mol. The van der Waals surface area contributed by atoms with Gasteiger partial charge in [0, 0.05) is 0 Å². The Labute approximate surface area is 111 Å². The van der Waals surface area contributed by atoms with Crippen LogP contribution in [0.4, 0.5) is 0 Å². The summed E-state index contributed by atoms with van der Waals surface area (Å²) in [6, 6.07) is 0. The van der Waals surface area contributed by atoms with Gasteiger partial charge >= 0.3 is 78.3 Å². The average Bonchev–Trinajstić information content (AvgIpc) is 2.23. The second-order valence-electron chi connectivity index (χ2n) is 2.66. The summed E-state index contributed by atoms with van der Waals surface area (Å²) in [6.07, 6.45) is 0.585. The number of esters is 1. The van der Waals surface area contributed by atoms with Gasteiger partial charge < -0.3 is 10.2 Å². The summed E-state index contributed by atoms with van der Waals surface area (Å²) in [5.41, 5.74) is 0. The normalized spacial score (nSPS) is 8.38. The molecule has 0 aromatic heterocycles. The molecule has 0 saturated carbocycles. The first-order valence-electron chi connectivity index (χ1n) is 4.66. The van der Waals surface area contributed by atoms with Crippen LogP contribution in [0.3, 0.4) is 0 Å². The van der Waals surface area contributed by atoms with E-state index in [0.717, 1.165) is 31.6 Å². The maximum Gasteiger partial charge on any atom is 0.303 e. The van der Waals surface area contributed by atoms with Crippen molar-refractivity contribution in [2.75, 3.05) is 6.61 Å². The molecule has 0 aliphatic heterocycles. The summed E-state index contributed by atoms with van der Waals surface area (Å²) in [7, 11) is 0. The largest absolute Gasteiger partial charge is 0.481 e. The molecule has 0 radical (unpaired) electrons. The first-order chi connectivity index (χ1) is 7.43. The molecular weight excluding hydrogens is 227 g/mol. The van der Waals surface area contributed by atoms with Gasteiger partial charge in [0.25, 0.3) is 0 Å². The summed E-state index contributed by atoms with van der Waals surface area (Å²) in [5, 5.41) is 15.8. The molecule has 16 heavy (non-hydrogen) atoms. The minimum Gasteiger partial charge on any atom is -0.481 e. The molecule has 7 heteroatoms. The van der Waals surface area contributed by atoms with Crippen molar-refractivity contribution in [1.82, 2.24) is 0 Å². The zero-order chi connectivity index (χ0) is 13.0. The van der Waals surface area contributed by atoms with Crippen molar-refractivity contribution >= 4 is 45.8 Å².